The van der Waals surface area contributed by atoms with Crippen LogP contribution in [0.3, 0.4) is 0 Å². The van der Waals surface area contributed by atoms with Crippen molar-refractivity contribution in [2.45, 2.75) is 39.2 Å². The van der Waals surface area contributed by atoms with Crippen LogP contribution in [-0.4, -0.2) is 6.61 Å². The van der Waals surface area contributed by atoms with Gasteiger partial charge in [-0.1, -0.05) is 25.4 Å². The lowest BCUT2D eigenvalue weighted by atomic mass is 9.95. The Morgan fingerprint density at radius 1 is 1.62 bits per heavy atom. The molecule has 4 heteroatoms. The van der Waals surface area contributed by atoms with Gasteiger partial charge in [-0.3, -0.25) is 0 Å². The first kappa shape index (κ1) is 12.4. The Morgan fingerprint density at radius 3 is 3.19 bits per heavy atom. The second-order valence-corrected chi connectivity index (χ2v) is 6.46. The third-order valence-corrected chi connectivity index (χ3v) is 4.07. The summed E-state index contributed by atoms with van der Waals surface area (Å²) in [4.78, 5) is 6.93. The fourth-order valence-corrected chi connectivity index (χ4v) is 3.34. The van der Waals surface area contributed by atoms with Crippen LogP contribution >= 0.6 is 22.9 Å². The summed E-state index contributed by atoms with van der Waals surface area (Å²) in [6.45, 7) is 5.05. The molecule has 0 fully saturated rings. The van der Waals surface area contributed by atoms with E-state index in [4.69, 9.17) is 16.4 Å². The van der Waals surface area contributed by atoms with Crippen molar-refractivity contribution >= 4 is 22.9 Å². The van der Waals surface area contributed by atoms with Crippen LogP contribution in [0.15, 0.2) is 6.07 Å². The fourth-order valence-electron chi connectivity index (χ4n) is 1.96. The summed E-state index contributed by atoms with van der Waals surface area (Å²) in [5.74, 6) is 0.557. The van der Waals surface area contributed by atoms with Crippen molar-refractivity contribution in [1.82, 2.24) is 5.48 Å². The number of thiophene rings is 1. The van der Waals surface area contributed by atoms with Gasteiger partial charge in [0.25, 0.3) is 0 Å². The zero-order valence-electron chi connectivity index (χ0n) is 9.75. The smallest absolute Gasteiger partial charge is 0.0934 e. The predicted octanol–water partition coefficient (Wildman–Crippen LogP) is 3.96. The van der Waals surface area contributed by atoms with Crippen LogP contribution in [0.4, 0.5) is 0 Å². The minimum absolute atomic E-state index is 0.325. The molecule has 0 saturated heterocycles. The highest BCUT2D eigenvalue weighted by atomic mass is 35.5. The highest BCUT2D eigenvalue weighted by Crippen LogP contribution is 2.37. The fraction of sp³-hybridized carbons (Fsp3) is 0.667. The summed E-state index contributed by atoms with van der Waals surface area (Å²) in [5, 5.41) is 0. The first-order valence-electron chi connectivity index (χ1n) is 5.82. The lowest BCUT2D eigenvalue weighted by Crippen LogP contribution is -2.26. The Balaban J connectivity index is 1.96. The summed E-state index contributed by atoms with van der Waals surface area (Å²) >= 11 is 7.75. The third kappa shape index (κ3) is 2.98. The Hall–Kier alpha value is -0.0900. The van der Waals surface area contributed by atoms with Gasteiger partial charge in [0, 0.05) is 4.88 Å². The maximum absolute atomic E-state index is 6.05. The summed E-state index contributed by atoms with van der Waals surface area (Å²) < 4.78 is 0.891. The van der Waals surface area contributed by atoms with E-state index < -0.39 is 0 Å². The SMILES string of the molecule is CC(C)CONC1CCCc2sc(Cl)cc21. The molecule has 2 nitrogen and oxygen atoms in total. The average Bonchev–Trinajstić information content (AvgIpc) is 2.58. The van der Waals surface area contributed by atoms with E-state index in [-0.39, 0.29) is 0 Å². The zero-order valence-corrected chi connectivity index (χ0v) is 11.3. The van der Waals surface area contributed by atoms with Crippen molar-refractivity contribution in [2.75, 3.05) is 6.61 Å². The highest BCUT2D eigenvalue weighted by Gasteiger charge is 2.22. The molecule has 1 heterocycles. The van der Waals surface area contributed by atoms with Crippen molar-refractivity contribution in [1.29, 1.82) is 0 Å². The van der Waals surface area contributed by atoms with Crippen LogP contribution in [0.1, 0.15) is 43.2 Å². The van der Waals surface area contributed by atoms with E-state index in [1.165, 1.54) is 16.9 Å². The zero-order chi connectivity index (χ0) is 11.5. The summed E-state index contributed by atoms with van der Waals surface area (Å²) in [6.07, 6.45) is 3.51. The van der Waals surface area contributed by atoms with Gasteiger partial charge in [0.05, 0.1) is 17.0 Å². The second kappa shape index (κ2) is 5.50. The van der Waals surface area contributed by atoms with Gasteiger partial charge in [0.15, 0.2) is 0 Å². The molecule has 16 heavy (non-hydrogen) atoms. The lowest BCUT2D eigenvalue weighted by molar-refractivity contribution is -0.00314. The van der Waals surface area contributed by atoms with Crippen LogP contribution in [0, 0.1) is 5.92 Å². The molecule has 0 aliphatic heterocycles. The molecule has 90 valence electrons. The van der Waals surface area contributed by atoms with E-state index in [2.05, 4.69) is 25.4 Å². The van der Waals surface area contributed by atoms with Crippen molar-refractivity contribution in [2.24, 2.45) is 5.92 Å². The molecule has 0 bridgehead atoms. The van der Waals surface area contributed by atoms with Crippen molar-refractivity contribution < 1.29 is 4.84 Å². The van der Waals surface area contributed by atoms with Crippen molar-refractivity contribution in [3.8, 4) is 0 Å². The van der Waals surface area contributed by atoms with Gasteiger partial charge >= 0.3 is 0 Å². The minimum atomic E-state index is 0.325. The molecular weight excluding hydrogens is 242 g/mol. The van der Waals surface area contributed by atoms with Gasteiger partial charge < -0.3 is 4.84 Å². The number of hydroxylamine groups is 1. The van der Waals surface area contributed by atoms with Gasteiger partial charge in [0.2, 0.25) is 0 Å². The van der Waals surface area contributed by atoms with Crippen LogP contribution in [0.5, 0.6) is 0 Å². The maximum atomic E-state index is 6.05. The van der Waals surface area contributed by atoms with Gasteiger partial charge in [0.1, 0.15) is 0 Å². The van der Waals surface area contributed by atoms with Gasteiger partial charge in [-0.15, -0.1) is 11.3 Å². The number of aryl methyl sites for hydroxylation is 1. The molecule has 0 spiro atoms. The molecule has 0 radical (unpaired) electrons. The molecule has 1 aromatic rings. The summed E-state index contributed by atoms with van der Waals surface area (Å²) in [6, 6.07) is 2.41. The molecule has 1 aromatic heterocycles. The molecule has 1 N–H and O–H groups in total. The van der Waals surface area contributed by atoms with E-state index in [9.17, 15) is 0 Å². The number of hydrogen-bond donors (Lipinski definition) is 1. The normalized spacial score (nSPS) is 20.1. The standard InChI is InChI=1S/C12H18ClNOS/c1-8(2)7-15-14-10-4-3-5-11-9(10)6-12(13)16-11/h6,8,10,14H,3-5,7H2,1-2H3. The average molecular weight is 260 g/mol. The third-order valence-electron chi connectivity index (χ3n) is 2.73. The van der Waals surface area contributed by atoms with Crippen molar-refractivity contribution in [3.05, 3.63) is 20.8 Å². The molecule has 1 aliphatic rings. The van der Waals surface area contributed by atoms with Gasteiger partial charge in [-0.05, 0) is 36.8 Å². The van der Waals surface area contributed by atoms with Gasteiger partial charge in [-0.2, -0.15) is 5.48 Å². The summed E-state index contributed by atoms with van der Waals surface area (Å²) in [5.41, 5.74) is 4.51. The largest absolute Gasteiger partial charge is 0.301 e. The molecular formula is C12H18ClNOS. The van der Waals surface area contributed by atoms with Crippen LogP contribution < -0.4 is 5.48 Å². The first-order valence-corrected chi connectivity index (χ1v) is 7.01. The molecule has 1 atom stereocenters. The monoisotopic (exact) mass is 259 g/mol. The topological polar surface area (TPSA) is 21.3 Å². The summed E-state index contributed by atoms with van der Waals surface area (Å²) in [7, 11) is 0. The van der Waals surface area contributed by atoms with Crippen LogP contribution in [0.25, 0.3) is 0 Å². The van der Waals surface area contributed by atoms with E-state index in [0.717, 1.165) is 23.8 Å². The van der Waals surface area contributed by atoms with E-state index in [0.29, 0.717) is 12.0 Å². The number of halogens is 1. The molecule has 0 aromatic carbocycles. The number of fused-ring (bicyclic) bond motifs is 1. The maximum Gasteiger partial charge on any atom is 0.0934 e. The predicted molar refractivity (Wildman–Crippen MR) is 68.9 cm³/mol. The number of rotatable bonds is 4. The molecule has 2 rings (SSSR count). The Labute approximate surface area is 106 Å². The molecule has 0 amide bonds. The van der Waals surface area contributed by atoms with Crippen LogP contribution in [-0.2, 0) is 11.3 Å². The molecule has 1 aliphatic carbocycles. The Bertz CT molecular complexity index is 351. The Morgan fingerprint density at radius 2 is 2.44 bits per heavy atom. The molecule has 1 unspecified atom stereocenters. The van der Waals surface area contributed by atoms with E-state index >= 15 is 0 Å². The number of hydrogen-bond acceptors (Lipinski definition) is 3. The first-order chi connectivity index (χ1) is 7.66. The second-order valence-electron chi connectivity index (χ2n) is 4.70. The number of nitrogens with one attached hydrogen (secondary N) is 1. The van der Waals surface area contributed by atoms with Crippen LogP contribution in [0.2, 0.25) is 4.34 Å². The van der Waals surface area contributed by atoms with Crippen molar-refractivity contribution in [3.63, 3.8) is 0 Å². The van der Waals surface area contributed by atoms with E-state index in [1.807, 2.05) is 0 Å². The molecule has 0 saturated carbocycles. The highest BCUT2D eigenvalue weighted by molar-refractivity contribution is 7.16. The van der Waals surface area contributed by atoms with Gasteiger partial charge in [-0.25, -0.2) is 0 Å². The van der Waals surface area contributed by atoms with E-state index in [1.54, 1.807) is 11.3 Å². The minimum Gasteiger partial charge on any atom is -0.301 e. The Kier molecular flexibility index (Phi) is 4.25. The lowest BCUT2D eigenvalue weighted by Gasteiger charge is -2.23. The quantitative estimate of drug-likeness (QED) is 0.827.